The third-order valence-electron chi connectivity index (χ3n) is 4.24. The van der Waals surface area contributed by atoms with Gasteiger partial charge in [0, 0.05) is 11.4 Å². The van der Waals surface area contributed by atoms with Crippen LogP contribution in [-0.2, 0) is 4.74 Å². The van der Waals surface area contributed by atoms with Gasteiger partial charge in [-0.3, -0.25) is 0 Å². The third kappa shape index (κ3) is 6.79. The predicted molar refractivity (Wildman–Crippen MR) is 79.1 cm³/mol. The van der Waals surface area contributed by atoms with Crippen LogP contribution in [0.5, 0.6) is 0 Å². The van der Waals surface area contributed by atoms with Crippen LogP contribution in [0.3, 0.4) is 0 Å². The summed E-state index contributed by atoms with van der Waals surface area (Å²) in [5, 5.41) is 0. The molecule has 1 aliphatic rings. The maximum Gasteiger partial charge on any atom is 0.411 e. The second-order valence-electron chi connectivity index (χ2n) is 6.96. The molecule has 0 N–H and O–H groups in total. The van der Waals surface area contributed by atoms with Gasteiger partial charge < -0.3 is 4.74 Å². The van der Waals surface area contributed by atoms with Crippen LogP contribution in [0, 0.1) is 17.3 Å². The topological polar surface area (TPSA) is 9.23 Å². The summed E-state index contributed by atoms with van der Waals surface area (Å²) in [6.07, 6.45) is 1.01. The van der Waals surface area contributed by atoms with Crippen LogP contribution in [0.2, 0.25) is 0 Å². The highest BCUT2D eigenvalue weighted by atomic mass is 79.9. The van der Waals surface area contributed by atoms with Gasteiger partial charge in [0.2, 0.25) is 0 Å². The van der Waals surface area contributed by atoms with Crippen molar-refractivity contribution in [1.29, 1.82) is 0 Å². The van der Waals surface area contributed by atoms with Crippen LogP contribution >= 0.6 is 15.9 Å². The monoisotopic (exact) mass is 358 g/mol. The molecule has 1 fully saturated rings. The van der Waals surface area contributed by atoms with Crippen molar-refractivity contribution >= 4 is 15.9 Å². The normalized spacial score (nSPS) is 28.6. The number of hydrogen-bond acceptors (Lipinski definition) is 1. The molecule has 3 atom stereocenters. The minimum absolute atomic E-state index is 0.204. The van der Waals surface area contributed by atoms with Gasteiger partial charge in [0.25, 0.3) is 0 Å². The van der Waals surface area contributed by atoms with Crippen molar-refractivity contribution < 1.29 is 17.9 Å². The Morgan fingerprint density at radius 1 is 1.15 bits per heavy atom. The molecule has 0 aliphatic heterocycles. The van der Waals surface area contributed by atoms with E-state index in [2.05, 4.69) is 41.4 Å². The number of alkyl halides is 4. The van der Waals surface area contributed by atoms with Crippen molar-refractivity contribution in [1.82, 2.24) is 0 Å². The molecule has 0 saturated heterocycles. The van der Waals surface area contributed by atoms with Gasteiger partial charge in [-0.05, 0) is 49.4 Å². The van der Waals surface area contributed by atoms with E-state index in [1.807, 2.05) is 0 Å². The summed E-state index contributed by atoms with van der Waals surface area (Å²) >= 11 is 3.73. The van der Waals surface area contributed by atoms with Gasteiger partial charge in [-0.2, -0.15) is 13.2 Å². The van der Waals surface area contributed by atoms with E-state index < -0.39 is 12.8 Å². The second-order valence-corrected chi connectivity index (χ2v) is 8.14. The zero-order chi connectivity index (χ0) is 15.4. The summed E-state index contributed by atoms with van der Waals surface area (Å²) < 4.78 is 40.5. The summed E-state index contributed by atoms with van der Waals surface area (Å²) in [6.45, 7) is 5.90. The first-order chi connectivity index (χ1) is 9.09. The zero-order valence-electron chi connectivity index (χ0n) is 12.6. The Balaban J connectivity index is 2.27. The van der Waals surface area contributed by atoms with Crippen molar-refractivity contribution in [3.8, 4) is 0 Å². The molecule has 0 bridgehead atoms. The highest BCUT2D eigenvalue weighted by Gasteiger charge is 2.34. The van der Waals surface area contributed by atoms with Gasteiger partial charge in [-0.15, -0.1) is 0 Å². The molecular formula is C15H26BrF3O. The molecule has 3 unspecified atom stereocenters. The molecule has 0 amide bonds. The zero-order valence-corrected chi connectivity index (χ0v) is 14.2. The fraction of sp³-hybridized carbons (Fsp3) is 1.00. The molecule has 0 aromatic rings. The fourth-order valence-corrected chi connectivity index (χ4v) is 3.69. The van der Waals surface area contributed by atoms with Crippen LogP contribution < -0.4 is 0 Å². The summed E-state index contributed by atoms with van der Waals surface area (Å²) in [6, 6.07) is 0. The molecule has 1 rings (SSSR count). The van der Waals surface area contributed by atoms with Crippen LogP contribution in [-0.4, -0.2) is 24.2 Å². The quantitative estimate of drug-likeness (QED) is 0.461. The lowest BCUT2D eigenvalue weighted by Crippen LogP contribution is -2.32. The lowest BCUT2D eigenvalue weighted by Gasteiger charge is -2.40. The number of rotatable bonds is 5. The second kappa shape index (κ2) is 7.48. The molecular weight excluding hydrogens is 333 g/mol. The summed E-state index contributed by atoms with van der Waals surface area (Å²) in [7, 11) is 0. The minimum atomic E-state index is -4.21. The van der Waals surface area contributed by atoms with Crippen molar-refractivity contribution in [3.05, 3.63) is 0 Å². The maximum atomic E-state index is 11.9. The Labute approximate surface area is 128 Å². The number of ether oxygens (including phenoxy) is 1. The van der Waals surface area contributed by atoms with Crippen molar-refractivity contribution in [3.63, 3.8) is 0 Å². The number of hydrogen-bond donors (Lipinski definition) is 0. The molecule has 0 radical (unpaired) electrons. The van der Waals surface area contributed by atoms with Gasteiger partial charge in [0.1, 0.15) is 6.61 Å². The molecule has 20 heavy (non-hydrogen) atoms. The Morgan fingerprint density at radius 2 is 1.80 bits per heavy atom. The van der Waals surface area contributed by atoms with E-state index in [1.54, 1.807) is 0 Å². The van der Waals surface area contributed by atoms with Crippen molar-refractivity contribution in [2.45, 2.75) is 63.9 Å². The lowest BCUT2D eigenvalue weighted by atomic mass is 9.68. The van der Waals surface area contributed by atoms with Gasteiger partial charge >= 0.3 is 6.18 Å². The van der Waals surface area contributed by atoms with E-state index in [-0.39, 0.29) is 6.61 Å². The molecule has 5 heteroatoms. The molecule has 0 aromatic carbocycles. The smallest absolute Gasteiger partial charge is 0.372 e. The Bertz CT molecular complexity index is 286. The highest BCUT2D eigenvalue weighted by Crippen LogP contribution is 2.43. The average Bonchev–Trinajstić information content (AvgIpc) is 2.28. The molecule has 0 aromatic heterocycles. The first-order valence-electron chi connectivity index (χ1n) is 7.38. The summed E-state index contributed by atoms with van der Waals surface area (Å²) in [4.78, 5) is 0.503. The van der Waals surface area contributed by atoms with E-state index in [0.717, 1.165) is 12.8 Å². The third-order valence-corrected chi connectivity index (χ3v) is 5.45. The first kappa shape index (κ1) is 18.3. The molecule has 1 aliphatic carbocycles. The Kier molecular flexibility index (Phi) is 6.84. The van der Waals surface area contributed by atoms with E-state index in [1.165, 1.54) is 12.8 Å². The van der Waals surface area contributed by atoms with E-state index >= 15 is 0 Å². The van der Waals surface area contributed by atoms with Gasteiger partial charge in [0.15, 0.2) is 0 Å². The number of halogens is 4. The predicted octanol–water partition coefficient (Wildman–Crippen LogP) is 5.57. The Hall–Kier alpha value is 0.230. The molecule has 1 saturated carbocycles. The lowest BCUT2D eigenvalue weighted by molar-refractivity contribution is -0.174. The first-order valence-corrected chi connectivity index (χ1v) is 8.29. The summed E-state index contributed by atoms with van der Waals surface area (Å²) in [5.41, 5.74) is 0.318. The van der Waals surface area contributed by atoms with Crippen LogP contribution in [0.15, 0.2) is 0 Å². The van der Waals surface area contributed by atoms with Crippen LogP contribution in [0.4, 0.5) is 13.2 Å². The van der Waals surface area contributed by atoms with Crippen molar-refractivity contribution in [2.75, 3.05) is 13.2 Å². The molecule has 0 spiro atoms. The van der Waals surface area contributed by atoms with E-state index in [4.69, 9.17) is 0 Å². The Morgan fingerprint density at radius 3 is 2.35 bits per heavy atom. The molecule has 120 valence electrons. The fourth-order valence-electron chi connectivity index (χ4n) is 2.95. The highest BCUT2D eigenvalue weighted by molar-refractivity contribution is 9.09. The summed E-state index contributed by atoms with van der Waals surface area (Å²) in [5.74, 6) is 1.26. The molecule has 0 heterocycles. The van der Waals surface area contributed by atoms with Gasteiger partial charge in [-0.25, -0.2) is 0 Å². The standard InChI is InChI=1S/C15H26BrF3O/c1-14(2,3)12-6-7-13(16)11(9-12)5-4-8-20-10-15(17,18)19/h11-13H,4-10H2,1-3H3. The largest absolute Gasteiger partial charge is 0.411 e. The van der Waals surface area contributed by atoms with Gasteiger partial charge in [-0.1, -0.05) is 36.7 Å². The molecule has 1 nitrogen and oxygen atoms in total. The van der Waals surface area contributed by atoms with Crippen LogP contribution in [0.25, 0.3) is 0 Å². The SMILES string of the molecule is CC(C)(C)C1CCC(Br)C(CCCOCC(F)(F)F)C1. The van der Waals surface area contributed by atoms with Gasteiger partial charge in [0.05, 0.1) is 0 Å². The van der Waals surface area contributed by atoms with E-state index in [0.29, 0.717) is 28.5 Å². The van der Waals surface area contributed by atoms with Crippen LogP contribution in [0.1, 0.15) is 52.9 Å². The average molecular weight is 359 g/mol. The van der Waals surface area contributed by atoms with E-state index in [9.17, 15) is 13.2 Å². The minimum Gasteiger partial charge on any atom is -0.372 e. The maximum absolute atomic E-state index is 11.9. The van der Waals surface area contributed by atoms with Crippen molar-refractivity contribution in [2.24, 2.45) is 17.3 Å².